The third kappa shape index (κ3) is 6.05. The van der Waals surface area contributed by atoms with E-state index in [0.29, 0.717) is 9.90 Å². The topological polar surface area (TPSA) is 67.3 Å². The van der Waals surface area contributed by atoms with Crippen LogP contribution in [0.25, 0.3) is 6.08 Å². The molecule has 0 spiro atoms. The molecule has 1 aliphatic rings. The first-order valence-corrected chi connectivity index (χ1v) is 13.6. The summed E-state index contributed by atoms with van der Waals surface area (Å²) in [6, 6.07) is 14.6. The number of nitrogens with zero attached hydrogens (tertiary/aromatic N) is 2. The number of carbonyl (C=O) groups is 3. The zero-order valence-electron chi connectivity index (χ0n) is 17.3. The number of rotatable bonds is 8. The van der Waals surface area contributed by atoms with Crippen LogP contribution in [-0.4, -0.2) is 39.1 Å². The minimum absolute atomic E-state index is 0.161. The van der Waals surface area contributed by atoms with Crippen LogP contribution < -0.4 is 0 Å². The van der Waals surface area contributed by atoms with Crippen molar-refractivity contribution >= 4 is 92.7 Å². The van der Waals surface area contributed by atoms with Crippen LogP contribution in [0.1, 0.15) is 20.8 Å². The molecule has 1 aromatic heterocycles. The van der Waals surface area contributed by atoms with E-state index in [1.807, 2.05) is 18.2 Å². The number of Topliss-reactive ketones (excluding diaryl/α,β-unsaturated/α-hetero) is 1. The fraction of sp³-hybridized carbons (Fsp3) is 0.130. The Hall–Kier alpha value is -1.81. The van der Waals surface area contributed by atoms with Gasteiger partial charge < -0.3 is 0 Å². The summed E-state index contributed by atoms with van der Waals surface area (Å²) in [6.07, 6.45) is 2.44. The molecule has 1 saturated heterocycles. The van der Waals surface area contributed by atoms with Gasteiger partial charge in [0.15, 0.2) is 10.1 Å². The van der Waals surface area contributed by atoms with Crippen molar-refractivity contribution in [1.82, 2.24) is 9.88 Å². The zero-order chi connectivity index (χ0) is 24.2. The molecule has 3 aromatic rings. The fourth-order valence-electron chi connectivity index (χ4n) is 3.05. The smallest absolute Gasteiger partial charge is 0.292 e. The predicted molar refractivity (Wildman–Crippen MR) is 141 cm³/mol. The molecule has 11 heteroatoms. The van der Waals surface area contributed by atoms with Crippen LogP contribution in [0.3, 0.4) is 0 Å². The monoisotopic (exact) mass is 568 g/mol. The molecule has 1 fully saturated rings. The lowest BCUT2D eigenvalue weighted by molar-refractivity contribution is -0.122. The van der Waals surface area contributed by atoms with Crippen molar-refractivity contribution in [2.24, 2.45) is 0 Å². The molecule has 0 saturated carbocycles. The Kier molecular flexibility index (Phi) is 8.39. The Morgan fingerprint density at radius 2 is 1.85 bits per heavy atom. The molecule has 2 amide bonds. The first-order chi connectivity index (χ1) is 16.3. The molecule has 174 valence electrons. The van der Waals surface area contributed by atoms with E-state index >= 15 is 0 Å². The first kappa shape index (κ1) is 25.3. The minimum atomic E-state index is -0.559. The summed E-state index contributed by atoms with van der Waals surface area (Å²) in [6.45, 7) is -0.416. The average molecular weight is 570 g/mol. The van der Waals surface area contributed by atoms with E-state index in [1.54, 1.807) is 17.8 Å². The van der Waals surface area contributed by atoms with Gasteiger partial charge in [0, 0.05) is 16.3 Å². The normalized spacial score (nSPS) is 14.9. The molecule has 1 aliphatic heterocycles. The molecular weight excluding hydrogens is 555 g/mol. The second kappa shape index (κ2) is 11.3. The number of ketones is 1. The molecule has 5 nitrogen and oxygen atoms in total. The number of hydrogen-bond donors (Lipinski definition) is 0. The van der Waals surface area contributed by atoms with E-state index in [-0.39, 0.29) is 20.6 Å². The van der Waals surface area contributed by atoms with Gasteiger partial charge in [-0.05, 0) is 48.0 Å². The number of thioether (sulfide) groups is 2. The van der Waals surface area contributed by atoms with Crippen LogP contribution in [0.15, 0.2) is 57.8 Å². The first-order valence-electron chi connectivity index (χ1n) is 9.88. The predicted octanol–water partition coefficient (Wildman–Crippen LogP) is 7.36. The van der Waals surface area contributed by atoms with Crippen molar-refractivity contribution in [2.45, 2.75) is 10.8 Å². The number of imide groups is 1. The van der Waals surface area contributed by atoms with E-state index < -0.39 is 23.5 Å². The fourth-order valence-corrected chi connectivity index (χ4v) is 6.86. The number of thiazole rings is 1. The van der Waals surface area contributed by atoms with Gasteiger partial charge in [0.25, 0.3) is 11.1 Å². The summed E-state index contributed by atoms with van der Waals surface area (Å²) in [4.78, 5) is 43.9. The Morgan fingerprint density at radius 1 is 1.09 bits per heavy atom. The van der Waals surface area contributed by atoms with Gasteiger partial charge in [-0.3, -0.25) is 19.3 Å². The number of aryl methyl sites for hydroxylation is 1. The molecule has 34 heavy (non-hydrogen) atoms. The van der Waals surface area contributed by atoms with Crippen LogP contribution in [0.5, 0.6) is 0 Å². The minimum Gasteiger partial charge on any atom is -0.292 e. The number of amides is 2. The van der Waals surface area contributed by atoms with Crippen LogP contribution in [0, 0.1) is 0 Å². The number of hydrogen-bond acceptors (Lipinski definition) is 7. The standard InChI is InChI=1S/C23H15Cl3N2O3S3/c24-14-6-7-15(16(25)10-14)17(29)12-28-21(30)19(34-23(28)31)11-18-20(26)27-22(33-18)32-9-8-13-4-2-1-3-5-13/h1-7,10-11H,8-9,12H2/b19-11-. The number of carbonyl (C=O) groups excluding carboxylic acids is 3. The molecule has 0 bridgehead atoms. The maximum Gasteiger partial charge on any atom is 0.293 e. The quantitative estimate of drug-likeness (QED) is 0.160. The summed E-state index contributed by atoms with van der Waals surface area (Å²) in [5.41, 5.74) is 1.43. The van der Waals surface area contributed by atoms with Crippen LogP contribution in [0.2, 0.25) is 15.2 Å². The lowest BCUT2D eigenvalue weighted by atomic mass is 10.1. The number of aromatic nitrogens is 1. The van der Waals surface area contributed by atoms with Crippen molar-refractivity contribution in [3.8, 4) is 0 Å². The zero-order valence-corrected chi connectivity index (χ0v) is 22.0. The largest absolute Gasteiger partial charge is 0.293 e. The highest BCUT2D eigenvalue weighted by Gasteiger charge is 2.37. The average Bonchev–Trinajstić information content (AvgIpc) is 3.28. The maximum absolute atomic E-state index is 12.8. The van der Waals surface area contributed by atoms with Crippen molar-refractivity contribution in [3.05, 3.63) is 84.6 Å². The summed E-state index contributed by atoms with van der Waals surface area (Å²) in [7, 11) is 0. The Bertz CT molecular complexity index is 1300. The summed E-state index contributed by atoms with van der Waals surface area (Å²) < 4.78 is 0.777. The molecule has 2 heterocycles. The van der Waals surface area contributed by atoms with Crippen molar-refractivity contribution in [2.75, 3.05) is 12.3 Å². The molecule has 0 N–H and O–H groups in total. The third-order valence-electron chi connectivity index (χ3n) is 4.72. The lowest BCUT2D eigenvalue weighted by Gasteiger charge is -2.12. The summed E-state index contributed by atoms with van der Waals surface area (Å²) in [5.74, 6) is -0.187. The molecule has 0 atom stereocenters. The van der Waals surface area contributed by atoms with Gasteiger partial charge in [0.05, 0.1) is 21.3 Å². The van der Waals surface area contributed by atoms with Gasteiger partial charge in [-0.2, -0.15) is 0 Å². The van der Waals surface area contributed by atoms with Crippen LogP contribution >= 0.6 is 69.7 Å². The Morgan fingerprint density at radius 3 is 2.59 bits per heavy atom. The molecule has 0 unspecified atom stereocenters. The van der Waals surface area contributed by atoms with Crippen molar-refractivity contribution in [1.29, 1.82) is 0 Å². The molecule has 0 aliphatic carbocycles. The summed E-state index contributed by atoms with van der Waals surface area (Å²) in [5, 5.41) is 0.277. The third-order valence-corrected chi connectivity index (χ3v) is 8.72. The lowest BCUT2D eigenvalue weighted by Crippen LogP contribution is -2.33. The Labute approximate surface area is 223 Å². The van der Waals surface area contributed by atoms with E-state index in [9.17, 15) is 14.4 Å². The highest BCUT2D eigenvalue weighted by Crippen LogP contribution is 2.37. The number of halogens is 3. The maximum atomic E-state index is 12.8. The van der Waals surface area contributed by atoms with Crippen LogP contribution in [0.4, 0.5) is 4.79 Å². The highest BCUT2D eigenvalue weighted by molar-refractivity contribution is 8.18. The van der Waals surface area contributed by atoms with Gasteiger partial charge in [-0.1, -0.05) is 76.9 Å². The molecule has 4 rings (SSSR count). The van der Waals surface area contributed by atoms with Crippen molar-refractivity contribution in [3.63, 3.8) is 0 Å². The molecule has 2 aromatic carbocycles. The highest BCUT2D eigenvalue weighted by atomic mass is 35.5. The second-order valence-corrected chi connectivity index (χ2v) is 11.6. The van der Waals surface area contributed by atoms with Gasteiger partial charge in [0.1, 0.15) is 5.15 Å². The van der Waals surface area contributed by atoms with Gasteiger partial charge in [0.2, 0.25) is 0 Å². The molecule has 0 radical (unpaired) electrons. The van der Waals surface area contributed by atoms with Gasteiger partial charge in [-0.15, -0.1) is 11.3 Å². The van der Waals surface area contributed by atoms with E-state index in [1.165, 1.54) is 35.1 Å². The summed E-state index contributed by atoms with van der Waals surface area (Å²) >= 11 is 21.9. The van der Waals surface area contributed by atoms with Crippen LogP contribution in [-0.2, 0) is 11.2 Å². The van der Waals surface area contributed by atoms with Gasteiger partial charge in [-0.25, -0.2) is 4.98 Å². The SMILES string of the molecule is O=C(CN1C(=O)S/C(=C\c2sc(SCCc3ccccc3)nc2Cl)C1=O)c1ccc(Cl)cc1Cl. The van der Waals surface area contributed by atoms with Crippen molar-refractivity contribution < 1.29 is 14.4 Å². The Balaban J connectivity index is 1.42. The van der Waals surface area contributed by atoms with E-state index in [0.717, 1.165) is 33.2 Å². The van der Waals surface area contributed by atoms with E-state index in [4.69, 9.17) is 34.8 Å². The molecular formula is C23H15Cl3N2O3S3. The van der Waals surface area contributed by atoms with Gasteiger partial charge >= 0.3 is 0 Å². The van der Waals surface area contributed by atoms with E-state index in [2.05, 4.69) is 17.1 Å². The second-order valence-electron chi connectivity index (χ2n) is 7.03. The number of benzene rings is 2.